The number of nitrogens with one attached hydrogen (secondary N) is 1. The SMILES string of the molecule is COc1ccnc(C(=O)N[C@@H](C)C(=O)O[C@@H](C)[C@@H](c2ccccc2)c2ccc(F)cc2F)c1O. The van der Waals surface area contributed by atoms with Gasteiger partial charge in [0, 0.05) is 24.2 Å². The number of methoxy groups -OCH3 is 1. The second kappa shape index (κ2) is 10.7. The molecule has 0 bridgehead atoms. The van der Waals surface area contributed by atoms with Gasteiger partial charge >= 0.3 is 5.97 Å². The van der Waals surface area contributed by atoms with Crippen LogP contribution in [0.1, 0.15) is 41.4 Å². The van der Waals surface area contributed by atoms with Crippen molar-refractivity contribution in [3.63, 3.8) is 0 Å². The van der Waals surface area contributed by atoms with Crippen LogP contribution in [0.4, 0.5) is 8.78 Å². The molecule has 0 saturated carbocycles. The lowest BCUT2D eigenvalue weighted by molar-refractivity contribution is -0.150. The molecule has 2 aromatic carbocycles. The average molecular weight is 470 g/mol. The van der Waals surface area contributed by atoms with Gasteiger partial charge in [-0.1, -0.05) is 36.4 Å². The zero-order chi connectivity index (χ0) is 24.8. The normalized spacial score (nSPS) is 13.4. The van der Waals surface area contributed by atoms with Gasteiger partial charge in [0.1, 0.15) is 23.8 Å². The first-order chi connectivity index (χ1) is 16.2. The zero-order valence-corrected chi connectivity index (χ0v) is 18.8. The van der Waals surface area contributed by atoms with E-state index >= 15 is 0 Å². The Morgan fingerprint density at radius 2 is 1.76 bits per heavy atom. The summed E-state index contributed by atoms with van der Waals surface area (Å²) in [6.07, 6.45) is 0.415. The number of halogens is 2. The van der Waals surface area contributed by atoms with E-state index in [1.54, 1.807) is 37.3 Å². The van der Waals surface area contributed by atoms with Crippen molar-refractivity contribution in [2.75, 3.05) is 7.11 Å². The van der Waals surface area contributed by atoms with Gasteiger partial charge in [-0.05, 0) is 31.0 Å². The Morgan fingerprint density at radius 3 is 2.41 bits per heavy atom. The number of carbonyl (C=O) groups is 2. The monoisotopic (exact) mass is 470 g/mol. The highest BCUT2D eigenvalue weighted by Gasteiger charge is 2.30. The second-order valence-electron chi connectivity index (χ2n) is 7.60. The van der Waals surface area contributed by atoms with Gasteiger partial charge in [0.2, 0.25) is 0 Å². The van der Waals surface area contributed by atoms with E-state index in [9.17, 15) is 23.5 Å². The summed E-state index contributed by atoms with van der Waals surface area (Å²) in [5.41, 5.74) is 0.508. The maximum absolute atomic E-state index is 14.6. The number of carbonyl (C=O) groups excluding carboxylic acids is 2. The number of hydrogen-bond donors (Lipinski definition) is 2. The average Bonchev–Trinajstić information content (AvgIpc) is 2.81. The fraction of sp³-hybridized carbons (Fsp3) is 0.240. The quantitative estimate of drug-likeness (QED) is 0.484. The van der Waals surface area contributed by atoms with Crippen LogP contribution in [0.25, 0.3) is 0 Å². The van der Waals surface area contributed by atoms with Crippen LogP contribution in [-0.4, -0.2) is 41.2 Å². The summed E-state index contributed by atoms with van der Waals surface area (Å²) in [5, 5.41) is 12.5. The minimum absolute atomic E-state index is 0.0519. The lowest BCUT2D eigenvalue weighted by Crippen LogP contribution is -2.41. The molecular weight excluding hydrogens is 446 g/mol. The number of aromatic nitrogens is 1. The Kier molecular flexibility index (Phi) is 7.78. The first-order valence-corrected chi connectivity index (χ1v) is 10.5. The van der Waals surface area contributed by atoms with Crippen LogP contribution in [0.15, 0.2) is 60.8 Å². The van der Waals surface area contributed by atoms with Crippen LogP contribution in [0.2, 0.25) is 0 Å². The van der Waals surface area contributed by atoms with E-state index in [2.05, 4.69) is 10.3 Å². The first-order valence-electron chi connectivity index (χ1n) is 10.5. The first kappa shape index (κ1) is 24.6. The van der Waals surface area contributed by atoms with Crippen LogP contribution in [0, 0.1) is 11.6 Å². The van der Waals surface area contributed by atoms with Gasteiger partial charge in [-0.3, -0.25) is 4.79 Å². The van der Waals surface area contributed by atoms with E-state index < -0.39 is 47.3 Å². The Balaban J connectivity index is 1.78. The van der Waals surface area contributed by atoms with E-state index in [4.69, 9.17) is 9.47 Å². The number of ether oxygens (including phenoxy) is 2. The Bertz CT molecular complexity index is 1170. The number of nitrogens with zero attached hydrogens (tertiary/aromatic N) is 1. The van der Waals surface area contributed by atoms with Gasteiger partial charge in [0.15, 0.2) is 17.2 Å². The molecule has 178 valence electrons. The zero-order valence-electron chi connectivity index (χ0n) is 18.8. The number of hydrogen-bond acceptors (Lipinski definition) is 6. The van der Waals surface area contributed by atoms with Crippen molar-refractivity contribution >= 4 is 11.9 Å². The summed E-state index contributed by atoms with van der Waals surface area (Å²) < 4.78 is 38.6. The molecule has 3 rings (SSSR count). The number of aromatic hydroxyl groups is 1. The number of amides is 1. The fourth-order valence-corrected chi connectivity index (χ4v) is 3.56. The van der Waals surface area contributed by atoms with Crippen molar-refractivity contribution in [3.8, 4) is 11.5 Å². The van der Waals surface area contributed by atoms with E-state index in [1.807, 2.05) is 0 Å². The molecule has 0 fully saturated rings. The number of esters is 1. The minimum atomic E-state index is -1.11. The molecule has 0 saturated heterocycles. The van der Waals surface area contributed by atoms with Crippen molar-refractivity contribution in [2.24, 2.45) is 0 Å². The standard InChI is InChI=1S/C25H24F2N2O5/c1-14(29-24(31)22-23(30)20(33-3)11-12-28-22)25(32)34-15(2)21(16-7-5-4-6-8-16)18-10-9-17(26)13-19(18)27/h4-15,21,30H,1-3H3,(H,29,31)/t14-,15-,21-/m0/s1. The summed E-state index contributed by atoms with van der Waals surface area (Å²) in [7, 11) is 1.32. The molecule has 0 radical (unpaired) electrons. The predicted molar refractivity (Wildman–Crippen MR) is 120 cm³/mol. The molecule has 0 aliphatic heterocycles. The number of rotatable bonds is 8. The van der Waals surface area contributed by atoms with Gasteiger partial charge in [-0.15, -0.1) is 0 Å². The van der Waals surface area contributed by atoms with E-state index in [0.717, 1.165) is 12.1 Å². The van der Waals surface area contributed by atoms with Crippen LogP contribution >= 0.6 is 0 Å². The molecule has 2 N–H and O–H groups in total. The van der Waals surface area contributed by atoms with Crippen LogP contribution < -0.4 is 10.1 Å². The summed E-state index contributed by atoms with van der Waals surface area (Å²) in [6.45, 7) is 2.99. The van der Waals surface area contributed by atoms with Crippen molar-refractivity contribution in [2.45, 2.75) is 31.9 Å². The molecule has 1 amide bonds. The topological polar surface area (TPSA) is 97.8 Å². The van der Waals surface area contributed by atoms with Gasteiger partial charge in [0.25, 0.3) is 5.91 Å². The van der Waals surface area contributed by atoms with Crippen molar-refractivity contribution in [1.82, 2.24) is 10.3 Å². The third kappa shape index (κ3) is 5.48. The molecule has 1 heterocycles. The molecule has 0 spiro atoms. The summed E-state index contributed by atoms with van der Waals surface area (Å²) in [6, 6.07) is 12.3. The molecule has 34 heavy (non-hydrogen) atoms. The minimum Gasteiger partial charge on any atom is -0.503 e. The van der Waals surface area contributed by atoms with E-state index in [0.29, 0.717) is 5.56 Å². The third-order valence-electron chi connectivity index (χ3n) is 5.25. The van der Waals surface area contributed by atoms with Gasteiger partial charge in [0.05, 0.1) is 7.11 Å². The summed E-state index contributed by atoms with van der Waals surface area (Å²) in [5.74, 6) is -4.22. The van der Waals surface area contributed by atoms with Crippen molar-refractivity contribution in [1.29, 1.82) is 0 Å². The molecule has 0 unspecified atom stereocenters. The van der Waals surface area contributed by atoms with Crippen LogP contribution in [0.5, 0.6) is 11.5 Å². The number of benzene rings is 2. The molecule has 0 aliphatic carbocycles. The van der Waals surface area contributed by atoms with Gasteiger partial charge < -0.3 is 19.9 Å². The second-order valence-corrected chi connectivity index (χ2v) is 7.60. The summed E-state index contributed by atoms with van der Waals surface area (Å²) >= 11 is 0. The Labute approximate surface area is 195 Å². The van der Waals surface area contributed by atoms with E-state index in [1.165, 1.54) is 32.4 Å². The molecule has 3 atom stereocenters. The Morgan fingerprint density at radius 1 is 1.06 bits per heavy atom. The highest BCUT2D eigenvalue weighted by atomic mass is 19.1. The van der Waals surface area contributed by atoms with Crippen LogP contribution in [-0.2, 0) is 9.53 Å². The smallest absolute Gasteiger partial charge is 0.328 e. The van der Waals surface area contributed by atoms with Crippen LogP contribution in [0.3, 0.4) is 0 Å². The maximum atomic E-state index is 14.6. The highest BCUT2D eigenvalue weighted by Crippen LogP contribution is 2.32. The summed E-state index contributed by atoms with van der Waals surface area (Å²) in [4.78, 5) is 29.1. The number of pyridine rings is 1. The molecule has 3 aromatic rings. The lowest BCUT2D eigenvalue weighted by atomic mass is 9.86. The van der Waals surface area contributed by atoms with Crippen molar-refractivity contribution < 1.29 is 33.0 Å². The van der Waals surface area contributed by atoms with Gasteiger partial charge in [-0.2, -0.15) is 0 Å². The molecule has 7 nitrogen and oxygen atoms in total. The molecule has 9 heteroatoms. The molecular formula is C25H24F2N2O5. The third-order valence-corrected chi connectivity index (χ3v) is 5.25. The molecule has 1 aromatic heterocycles. The van der Waals surface area contributed by atoms with Crippen molar-refractivity contribution in [3.05, 3.63) is 89.2 Å². The fourth-order valence-electron chi connectivity index (χ4n) is 3.56. The largest absolute Gasteiger partial charge is 0.503 e. The van der Waals surface area contributed by atoms with Gasteiger partial charge in [-0.25, -0.2) is 18.6 Å². The predicted octanol–water partition coefficient (Wildman–Crippen LogP) is 3.96. The lowest BCUT2D eigenvalue weighted by Gasteiger charge is -2.27. The van der Waals surface area contributed by atoms with E-state index in [-0.39, 0.29) is 17.0 Å². The maximum Gasteiger partial charge on any atom is 0.328 e. The molecule has 0 aliphatic rings. The Hall–Kier alpha value is -4.01. The highest BCUT2D eigenvalue weighted by molar-refractivity contribution is 5.97.